The number of furan rings is 1. The zero-order valence-corrected chi connectivity index (χ0v) is 11.9. The number of likely N-dealkylation sites (N-methyl/N-ethyl adjacent to an activating group) is 1. The van der Waals surface area contributed by atoms with Crippen molar-refractivity contribution >= 4 is 11.8 Å². The van der Waals surface area contributed by atoms with E-state index in [0.29, 0.717) is 12.3 Å². The average Bonchev–Trinajstić information content (AvgIpc) is 2.98. The van der Waals surface area contributed by atoms with Crippen LogP contribution in [-0.2, 0) is 22.6 Å². The van der Waals surface area contributed by atoms with Gasteiger partial charge in [0.25, 0.3) is 0 Å². The fourth-order valence-electron chi connectivity index (χ4n) is 1.88. The molecule has 0 unspecified atom stereocenters. The van der Waals surface area contributed by atoms with E-state index in [1.54, 1.807) is 25.4 Å². The second kappa shape index (κ2) is 7.28. The van der Waals surface area contributed by atoms with Crippen molar-refractivity contribution in [1.29, 1.82) is 0 Å². The van der Waals surface area contributed by atoms with Crippen LogP contribution in [0.25, 0.3) is 0 Å². The second-order valence-electron chi connectivity index (χ2n) is 4.77. The van der Waals surface area contributed by atoms with Crippen molar-refractivity contribution in [2.24, 2.45) is 0 Å². The maximum atomic E-state index is 11.9. The van der Waals surface area contributed by atoms with Gasteiger partial charge in [0.1, 0.15) is 5.76 Å². The van der Waals surface area contributed by atoms with Crippen molar-refractivity contribution in [3.63, 3.8) is 0 Å². The normalized spacial score (nSPS) is 10.1. The molecule has 0 bridgehead atoms. The quantitative estimate of drug-likeness (QED) is 0.877. The van der Waals surface area contributed by atoms with Gasteiger partial charge in [-0.15, -0.1) is 0 Å². The lowest BCUT2D eigenvalue weighted by Gasteiger charge is -2.16. The van der Waals surface area contributed by atoms with E-state index in [4.69, 9.17) is 4.42 Å². The van der Waals surface area contributed by atoms with Gasteiger partial charge in [0, 0.05) is 7.05 Å². The van der Waals surface area contributed by atoms with Crippen LogP contribution in [0.15, 0.2) is 53.1 Å². The van der Waals surface area contributed by atoms with Crippen molar-refractivity contribution in [3.05, 3.63) is 60.1 Å². The van der Waals surface area contributed by atoms with Crippen LogP contribution < -0.4 is 5.32 Å². The third-order valence-electron chi connectivity index (χ3n) is 3.04. The number of carbonyl (C=O) groups excluding carboxylic acids is 2. The molecule has 0 saturated carbocycles. The summed E-state index contributed by atoms with van der Waals surface area (Å²) in [4.78, 5) is 25.2. The lowest BCUT2D eigenvalue weighted by molar-refractivity contribution is -0.132. The molecule has 0 aliphatic heterocycles. The largest absolute Gasteiger partial charge is 0.467 e. The molecule has 110 valence electrons. The maximum Gasteiger partial charge on any atom is 0.242 e. The predicted octanol–water partition coefficient (Wildman–Crippen LogP) is 1.60. The van der Waals surface area contributed by atoms with Crippen LogP contribution in [0.5, 0.6) is 0 Å². The van der Waals surface area contributed by atoms with Gasteiger partial charge in [-0.05, 0) is 17.7 Å². The summed E-state index contributed by atoms with van der Waals surface area (Å²) >= 11 is 0. The smallest absolute Gasteiger partial charge is 0.242 e. The van der Waals surface area contributed by atoms with Gasteiger partial charge in [-0.3, -0.25) is 9.59 Å². The molecule has 0 aliphatic carbocycles. The molecule has 0 saturated heterocycles. The topological polar surface area (TPSA) is 62.6 Å². The van der Waals surface area contributed by atoms with Crippen LogP contribution in [0.4, 0.5) is 0 Å². The van der Waals surface area contributed by atoms with E-state index < -0.39 is 0 Å². The summed E-state index contributed by atoms with van der Waals surface area (Å²) in [7, 11) is 1.67. The molecule has 5 heteroatoms. The Labute approximate surface area is 123 Å². The first kappa shape index (κ1) is 14.8. The van der Waals surface area contributed by atoms with Crippen molar-refractivity contribution in [1.82, 2.24) is 10.2 Å². The van der Waals surface area contributed by atoms with E-state index in [1.165, 1.54) is 4.90 Å². The molecule has 1 aromatic heterocycles. The number of carbonyl (C=O) groups is 2. The minimum Gasteiger partial charge on any atom is -0.467 e. The van der Waals surface area contributed by atoms with E-state index in [0.717, 1.165) is 5.56 Å². The SMILES string of the molecule is CN(Cc1ccco1)C(=O)CNC(=O)Cc1ccccc1. The summed E-state index contributed by atoms with van der Waals surface area (Å²) in [5.41, 5.74) is 0.923. The highest BCUT2D eigenvalue weighted by Gasteiger charge is 2.12. The zero-order valence-electron chi connectivity index (χ0n) is 11.9. The van der Waals surface area contributed by atoms with E-state index in [-0.39, 0.29) is 24.8 Å². The van der Waals surface area contributed by atoms with Crippen LogP contribution in [0, 0.1) is 0 Å². The Kier molecular flexibility index (Phi) is 5.15. The third kappa shape index (κ3) is 4.80. The Balaban J connectivity index is 1.74. The highest BCUT2D eigenvalue weighted by molar-refractivity contribution is 5.85. The third-order valence-corrected chi connectivity index (χ3v) is 3.04. The van der Waals surface area contributed by atoms with Gasteiger partial charge in [0.15, 0.2) is 0 Å². The zero-order chi connectivity index (χ0) is 15.1. The van der Waals surface area contributed by atoms with E-state index in [9.17, 15) is 9.59 Å². The van der Waals surface area contributed by atoms with Crippen molar-refractivity contribution < 1.29 is 14.0 Å². The average molecular weight is 286 g/mol. The lowest BCUT2D eigenvalue weighted by atomic mass is 10.1. The lowest BCUT2D eigenvalue weighted by Crippen LogP contribution is -2.38. The van der Waals surface area contributed by atoms with Crippen LogP contribution in [-0.4, -0.2) is 30.3 Å². The van der Waals surface area contributed by atoms with Crippen molar-refractivity contribution in [2.75, 3.05) is 13.6 Å². The molecule has 21 heavy (non-hydrogen) atoms. The molecule has 2 amide bonds. The molecule has 2 rings (SSSR count). The Hall–Kier alpha value is -2.56. The number of rotatable bonds is 6. The first-order chi connectivity index (χ1) is 10.1. The predicted molar refractivity (Wildman–Crippen MR) is 78.3 cm³/mol. The van der Waals surface area contributed by atoms with E-state index in [2.05, 4.69) is 5.32 Å². The first-order valence-electron chi connectivity index (χ1n) is 6.72. The molecule has 2 aromatic rings. The molecule has 1 aromatic carbocycles. The van der Waals surface area contributed by atoms with Crippen LogP contribution in [0.2, 0.25) is 0 Å². The molecular formula is C16H18N2O3. The molecule has 0 fully saturated rings. The van der Waals surface area contributed by atoms with E-state index >= 15 is 0 Å². The van der Waals surface area contributed by atoms with Crippen LogP contribution in [0.1, 0.15) is 11.3 Å². The molecule has 0 atom stereocenters. The highest BCUT2D eigenvalue weighted by atomic mass is 16.3. The summed E-state index contributed by atoms with van der Waals surface area (Å²) in [6, 6.07) is 13.0. The second-order valence-corrected chi connectivity index (χ2v) is 4.77. The summed E-state index contributed by atoms with van der Waals surface area (Å²) in [5, 5.41) is 2.63. The molecule has 0 spiro atoms. The minimum absolute atomic E-state index is 0.0110. The molecule has 1 heterocycles. The number of hydrogen-bond donors (Lipinski definition) is 1. The molecule has 1 N–H and O–H groups in total. The van der Waals surface area contributed by atoms with Gasteiger partial charge >= 0.3 is 0 Å². The number of hydrogen-bond acceptors (Lipinski definition) is 3. The summed E-state index contributed by atoms with van der Waals surface area (Å²) in [6.45, 7) is 0.378. The molecular weight excluding hydrogens is 268 g/mol. The Bertz CT molecular complexity index is 579. The number of amides is 2. The van der Waals surface area contributed by atoms with Gasteiger partial charge in [-0.1, -0.05) is 30.3 Å². The standard InChI is InChI=1S/C16H18N2O3/c1-18(12-14-8-5-9-21-14)16(20)11-17-15(19)10-13-6-3-2-4-7-13/h2-9H,10-12H2,1H3,(H,17,19). The first-order valence-corrected chi connectivity index (χ1v) is 6.72. The summed E-state index contributed by atoms with van der Waals surface area (Å²) in [6.07, 6.45) is 1.84. The van der Waals surface area contributed by atoms with Gasteiger partial charge in [0.05, 0.1) is 25.8 Å². The van der Waals surface area contributed by atoms with Crippen molar-refractivity contribution in [2.45, 2.75) is 13.0 Å². The van der Waals surface area contributed by atoms with Crippen LogP contribution >= 0.6 is 0 Å². The van der Waals surface area contributed by atoms with Gasteiger partial charge in [0.2, 0.25) is 11.8 Å². The van der Waals surface area contributed by atoms with E-state index in [1.807, 2.05) is 30.3 Å². The van der Waals surface area contributed by atoms with Gasteiger partial charge in [-0.2, -0.15) is 0 Å². The summed E-state index contributed by atoms with van der Waals surface area (Å²) < 4.78 is 5.18. The number of nitrogens with zero attached hydrogens (tertiary/aromatic N) is 1. The van der Waals surface area contributed by atoms with Gasteiger partial charge < -0.3 is 14.6 Å². The Morgan fingerprint density at radius 1 is 1.14 bits per heavy atom. The summed E-state index contributed by atoms with van der Waals surface area (Å²) in [5.74, 6) is 0.384. The molecule has 0 radical (unpaired) electrons. The maximum absolute atomic E-state index is 11.9. The van der Waals surface area contributed by atoms with Gasteiger partial charge in [-0.25, -0.2) is 0 Å². The highest BCUT2D eigenvalue weighted by Crippen LogP contribution is 2.03. The van der Waals surface area contributed by atoms with Crippen molar-refractivity contribution in [3.8, 4) is 0 Å². The molecule has 5 nitrogen and oxygen atoms in total. The fraction of sp³-hybridized carbons (Fsp3) is 0.250. The Morgan fingerprint density at radius 2 is 1.90 bits per heavy atom. The fourth-order valence-corrected chi connectivity index (χ4v) is 1.88. The van der Waals surface area contributed by atoms with Crippen LogP contribution in [0.3, 0.4) is 0 Å². The number of benzene rings is 1. The minimum atomic E-state index is -0.166. The monoisotopic (exact) mass is 286 g/mol. The number of nitrogens with one attached hydrogen (secondary N) is 1. The Morgan fingerprint density at radius 3 is 2.57 bits per heavy atom. The molecule has 0 aliphatic rings.